The second-order valence-electron chi connectivity index (χ2n) is 4.50. The Balaban J connectivity index is 1.86. The van der Waals surface area contributed by atoms with E-state index >= 15 is 0 Å². The van der Waals surface area contributed by atoms with Crippen LogP contribution in [0.25, 0.3) is 10.8 Å². The average Bonchev–Trinajstić information content (AvgIpc) is 2.45. The van der Waals surface area contributed by atoms with Crippen molar-refractivity contribution < 1.29 is 0 Å². The second kappa shape index (κ2) is 4.98. The number of rotatable bonds is 3. The lowest BCUT2D eigenvalue weighted by atomic mass is 10.0. The van der Waals surface area contributed by atoms with Gasteiger partial charge in [0.2, 0.25) is 0 Å². The average molecular weight is 249 g/mol. The fourth-order valence-corrected chi connectivity index (χ4v) is 2.20. The van der Waals surface area contributed by atoms with Gasteiger partial charge >= 0.3 is 0 Å². The first kappa shape index (κ1) is 11.5. The van der Waals surface area contributed by atoms with Gasteiger partial charge < -0.3 is 11.1 Å². The van der Waals surface area contributed by atoms with Crippen LogP contribution in [-0.4, -0.2) is 4.98 Å². The highest BCUT2D eigenvalue weighted by molar-refractivity contribution is 5.85. The smallest absolute Gasteiger partial charge is 0.0550 e. The van der Waals surface area contributed by atoms with Crippen LogP contribution in [0, 0.1) is 0 Å². The molecule has 0 bridgehead atoms. The Labute approximate surface area is 112 Å². The molecule has 3 heteroatoms. The van der Waals surface area contributed by atoms with Crippen LogP contribution < -0.4 is 11.1 Å². The van der Waals surface area contributed by atoms with Crippen LogP contribution in [-0.2, 0) is 6.54 Å². The standard InChI is InChI=1S/C16H15N3/c17-14-8-15(11-18-10-14)19-9-13-6-3-5-12-4-1-2-7-16(12)13/h1-8,10-11,19H,9,17H2. The summed E-state index contributed by atoms with van der Waals surface area (Å²) in [5.74, 6) is 0. The Bertz CT molecular complexity index is 702. The van der Waals surface area contributed by atoms with Gasteiger partial charge in [-0.05, 0) is 22.4 Å². The molecule has 0 aliphatic carbocycles. The molecule has 0 aliphatic heterocycles. The first-order valence-corrected chi connectivity index (χ1v) is 6.24. The van der Waals surface area contributed by atoms with Gasteiger partial charge in [-0.25, -0.2) is 0 Å². The van der Waals surface area contributed by atoms with E-state index in [-0.39, 0.29) is 0 Å². The van der Waals surface area contributed by atoms with Crippen LogP contribution in [0.5, 0.6) is 0 Å². The minimum absolute atomic E-state index is 0.669. The van der Waals surface area contributed by atoms with Crippen molar-refractivity contribution in [2.75, 3.05) is 11.1 Å². The molecule has 3 rings (SSSR count). The highest BCUT2D eigenvalue weighted by Crippen LogP contribution is 2.20. The molecule has 0 spiro atoms. The first-order valence-electron chi connectivity index (χ1n) is 6.24. The van der Waals surface area contributed by atoms with Gasteiger partial charge in [0, 0.05) is 12.7 Å². The van der Waals surface area contributed by atoms with E-state index in [1.807, 2.05) is 6.07 Å². The quantitative estimate of drug-likeness (QED) is 0.747. The number of fused-ring (bicyclic) bond motifs is 1. The predicted molar refractivity (Wildman–Crippen MR) is 79.9 cm³/mol. The summed E-state index contributed by atoms with van der Waals surface area (Å²) in [6, 6.07) is 16.6. The van der Waals surface area contributed by atoms with Crippen LogP contribution in [0.15, 0.2) is 60.9 Å². The number of pyridine rings is 1. The van der Waals surface area contributed by atoms with Crippen LogP contribution in [0.1, 0.15) is 5.56 Å². The molecule has 3 N–H and O–H groups in total. The third kappa shape index (κ3) is 2.50. The molecule has 1 heterocycles. The SMILES string of the molecule is Nc1cncc(NCc2cccc3ccccc23)c1. The molecule has 1 aromatic heterocycles. The maximum Gasteiger partial charge on any atom is 0.0550 e. The number of hydrogen-bond acceptors (Lipinski definition) is 3. The van der Waals surface area contributed by atoms with E-state index in [9.17, 15) is 0 Å². The zero-order valence-electron chi connectivity index (χ0n) is 10.5. The molecule has 3 aromatic rings. The molecule has 0 radical (unpaired) electrons. The fraction of sp³-hybridized carbons (Fsp3) is 0.0625. The topological polar surface area (TPSA) is 50.9 Å². The number of nitrogens with zero attached hydrogens (tertiary/aromatic N) is 1. The van der Waals surface area contributed by atoms with Crippen molar-refractivity contribution in [3.05, 3.63) is 66.5 Å². The van der Waals surface area contributed by atoms with E-state index in [2.05, 4.69) is 52.8 Å². The predicted octanol–water partition coefficient (Wildman–Crippen LogP) is 3.43. The summed E-state index contributed by atoms with van der Waals surface area (Å²) in [6.45, 7) is 0.756. The van der Waals surface area contributed by atoms with E-state index in [0.29, 0.717) is 5.69 Å². The molecule has 0 saturated heterocycles. The molecule has 94 valence electrons. The minimum Gasteiger partial charge on any atom is -0.397 e. The lowest BCUT2D eigenvalue weighted by molar-refractivity contribution is 1.15. The van der Waals surface area contributed by atoms with Crippen molar-refractivity contribution in [1.29, 1.82) is 0 Å². The number of nitrogens with one attached hydrogen (secondary N) is 1. The lowest BCUT2D eigenvalue weighted by Crippen LogP contribution is -2.01. The number of aromatic nitrogens is 1. The normalized spacial score (nSPS) is 10.5. The summed E-state index contributed by atoms with van der Waals surface area (Å²) >= 11 is 0. The molecule has 0 amide bonds. The van der Waals surface area contributed by atoms with Gasteiger partial charge in [-0.15, -0.1) is 0 Å². The molecule has 0 unspecified atom stereocenters. The number of benzene rings is 2. The van der Waals surface area contributed by atoms with Crippen molar-refractivity contribution in [3.8, 4) is 0 Å². The molecular weight excluding hydrogens is 234 g/mol. The zero-order valence-corrected chi connectivity index (χ0v) is 10.5. The summed E-state index contributed by atoms with van der Waals surface area (Å²) in [4.78, 5) is 4.07. The van der Waals surface area contributed by atoms with Crippen molar-refractivity contribution in [2.45, 2.75) is 6.54 Å². The highest BCUT2D eigenvalue weighted by Gasteiger charge is 2.00. The zero-order chi connectivity index (χ0) is 13.1. The van der Waals surface area contributed by atoms with E-state index in [1.165, 1.54) is 16.3 Å². The van der Waals surface area contributed by atoms with Crippen molar-refractivity contribution >= 4 is 22.1 Å². The molecule has 0 atom stereocenters. The molecule has 0 saturated carbocycles. The van der Waals surface area contributed by atoms with Crippen molar-refractivity contribution in [3.63, 3.8) is 0 Å². The molecule has 0 aliphatic rings. The van der Waals surface area contributed by atoms with Crippen molar-refractivity contribution in [2.24, 2.45) is 0 Å². The highest BCUT2D eigenvalue weighted by atomic mass is 14.9. The molecule has 3 nitrogen and oxygen atoms in total. The summed E-state index contributed by atoms with van der Waals surface area (Å²) in [6.07, 6.45) is 3.42. The fourth-order valence-electron chi connectivity index (χ4n) is 2.20. The lowest BCUT2D eigenvalue weighted by Gasteiger charge is -2.09. The summed E-state index contributed by atoms with van der Waals surface area (Å²) in [7, 11) is 0. The van der Waals surface area contributed by atoms with Gasteiger partial charge in [-0.2, -0.15) is 0 Å². The van der Waals surface area contributed by atoms with Gasteiger partial charge in [0.05, 0.1) is 17.6 Å². The van der Waals surface area contributed by atoms with Gasteiger partial charge in [-0.1, -0.05) is 42.5 Å². The molecule has 0 fully saturated rings. The second-order valence-corrected chi connectivity index (χ2v) is 4.50. The monoisotopic (exact) mass is 249 g/mol. The van der Waals surface area contributed by atoms with E-state index in [4.69, 9.17) is 5.73 Å². The summed E-state index contributed by atoms with van der Waals surface area (Å²) < 4.78 is 0. The maximum absolute atomic E-state index is 5.72. The van der Waals surface area contributed by atoms with Crippen LogP contribution >= 0.6 is 0 Å². The van der Waals surface area contributed by atoms with E-state index < -0.39 is 0 Å². The Hall–Kier alpha value is -2.55. The van der Waals surface area contributed by atoms with Crippen LogP contribution in [0.2, 0.25) is 0 Å². The first-order chi connectivity index (χ1) is 9.33. The van der Waals surface area contributed by atoms with Gasteiger partial charge in [0.25, 0.3) is 0 Å². The Morgan fingerprint density at radius 1 is 1.00 bits per heavy atom. The third-order valence-corrected chi connectivity index (χ3v) is 3.12. The van der Waals surface area contributed by atoms with E-state index in [0.717, 1.165) is 12.2 Å². The summed E-state index contributed by atoms with van der Waals surface area (Å²) in [5, 5.41) is 5.88. The molecular formula is C16H15N3. The van der Waals surface area contributed by atoms with Crippen LogP contribution in [0.3, 0.4) is 0 Å². The summed E-state index contributed by atoms with van der Waals surface area (Å²) in [5.41, 5.74) is 8.59. The minimum atomic E-state index is 0.669. The Morgan fingerprint density at radius 3 is 2.74 bits per heavy atom. The Kier molecular flexibility index (Phi) is 3.02. The van der Waals surface area contributed by atoms with Gasteiger partial charge in [0.1, 0.15) is 0 Å². The third-order valence-electron chi connectivity index (χ3n) is 3.12. The van der Waals surface area contributed by atoms with Crippen molar-refractivity contribution in [1.82, 2.24) is 4.98 Å². The number of nitrogens with two attached hydrogens (primary N) is 1. The molecule has 19 heavy (non-hydrogen) atoms. The van der Waals surface area contributed by atoms with E-state index in [1.54, 1.807) is 12.4 Å². The largest absolute Gasteiger partial charge is 0.397 e. The van der Waals surface area contributed by atoms with Crippen LogP contribution in [0.4, 0.5) is 11.4 Å². The van der Waals surface area contributed by atoms with Gasteiger partial charge in [0.15, 0.2) is 0 Å². The van der Waals surface area contributed by atoms with Gasteiger partial charge in [-0.3, -0.25) is 4.98 Å². The number of anilines is 2. The Morgan fingerprint density at radius 2 is 1.84 bits per heavy atom. The molecule has 2 aromatic carbocycles. The number of hydrogen-bond donors (Lipinski definition) is 2. The number of nitrogen functional groups attached to an aromatic ring is 1. The maximum atomic E-state index is 5.72.